The molecule has 1 aliphatic carbocycles. The predicted molar refractivity (Wildman–Crippen MR) is 83.6 cm³/mol. The minimum Gasteiger partial charge on any atom is -0.504 e. The molecule has 1 aromatic rings. The number of rotatable bonds is 6. The Balaban J connectivity index is 1.80. The molecule has 0 heterocycles. The Labute approximate surface area is 127 Å². The number of nitrogens with one attached hydrogen (secondary N) is 1. The number of methoxy groups -OCH3 is 1. The summed E-state index contributed by atoms with van der Waals surface area (Å²) < 4.78 is 5.03. The van der Waals surface area contributed by atoms with Crippen LogP contribution in [0, 0.1) is 5.92 Å². The van der Waals surface area contributed by atoms with Crippen molar-refractivity contribution in [3.05, 3.63) is 23.8 Å². The molecule has 1 fully saturated rings. The topological polar surface area (TPSA) is 61.7 Å². The molecule has 118 valence electrons. The van der Waals surface area contributed by atoms with Crippen molar-refractivity contribution in [1.82, 2.24) is 5.32 Å². The lowest BCUT2D eigenvalue weighted by atomic mass is 9.78. The molecule has 0 bridgehead atoms. The highest BCUT2D eigenvalue weighted by Crippen LogP contribution is 2.33. The molecule has 0 atom stereocenters. The zero-order valence-corrected chi connectivity index (χ0v) is 13.1. The van der Waals surface area contributed by atoms with Crippen LogP contribution in [-0.2, 0) is 6.54 Å². The minimum absolute atomic E-state index is 0.152. The fourth-order valence-corrected chi connectivity index (χ4v) is 3.08. The van der Waals surface area contributed by atoms with Gasteiger partial charge in [0.2, 0.25) is 0 Å². The van der Waals surface area contributed by atoms with Crippen LogP contribution in [0.2, 0.25) is 0 Å². The summed E-state index contributed by atoms with van der Waals surface area (Å²) in [5, 5.41) is 23.6. The van der Waals surface area contributed by atoms with Crippen molar-refractivity contribution in [1.29, 1.82) is 0 Å². The van der Waals surface area contributed by atoms with E-state index in [2.05, 4.69) is 12.2 Å². The van der Waals surface area contributed by atoms with Gasteiger partial charge in [-0.1, -0.05) is 19.4 Å². The molecule has 0 spiro atoms. The predicted octanol–water partition coefficient (Wildman–Crippen LogP) is 2.82. The number of ether oxygens (including phenoxy) is 1. The van der Waals surface area contributed by atoms with Crippen LogP contribution in [0.4, 0.5) is 0 Å². The number of aromatic hydroxyl groups is 1. The largest absolute Gasteiger partial charge is 0.504 e. The van der Waals surface area contributed by atoms with E-state index in [-0.39, 0.29) is 5.75 Å². The van der Waals surface area contributed by atoms with E-state index in [0.29, 0.717) is 18.8 Å². The molecule has 2 rings (SSSR count). The highest BCUT2D eigenvalue weighted by molar-refractivity contribution is 5.41. The zero-order chi connectivity index (χ0) is 15.3. The Bertz CT molecular complexity index is 453. The summed E-state index contributed by atoms with van der Waals surface area (Å²) in [6.45, 7) is 3.47. The Kier molecular flexibility index (Phi) is 5.48. The van der Waals surface area contributed by atoms with Gasteiger partial charge in [0.15, 0.2) is 11.5 Å². The summed E-state index contributed by atoms with van der Waals surface area (Å²) in [5.41, 5.74) is 0.416. The van der Waals surface area contributed by atoms with Gasteiger partial charge in [-0.3, -0.25) is 0 Å². The second-order valence-corrected chi connectivity index (χ2v) is 6.19. The van der Waals surface area contributed by atoms with Crippen LogP contribution in [0.3, 0.4) is 0 Å². The Morgan fingerprint density at radius 2 is 2.05 bits per heavy atom. The van der Waals surface area contributed by atoms with E-state index in [1.54, 1.807) is 12.1 Å². The van der Waals surface area contributed by atoms with Crippen molar-refractivity contribution in [2.24, 2.45) is 5.92 Å². The van der Waals surface area contributed by atoms with E-state index in [9.17, 15) is 10.2 Å². The molecule has 0 radical (unpaired) electrons. The first-order valence-electron chi connectivity index (χ1n) is 7.85. The van der Waals surface area contributed by atoms with Gasteiger partial charge >= 0.3 is 0 Å². The van der Waals surface area contributed by atoms with Crippen molar-refractivity contribution in [3.8, 4) is 11.5 Å². The summed E-state index contributed by atoms with van der Waals surface area (Å²) in [6.07, 6.45) is 5.23. The maximum Gasteiger partial charge on any atom is 0.160 e. The van der Waals surface area contributed by atoms with Gasteiger partial charge in [0, 0.05) is 13.1 Å². The summed E-state index contributed by atoms with van der Waals surface area (Å²) in [6, 6.07) is 5.38. The lowest BCUT2D eigenvalue weighted by molar-refractivity contribution is -0.00881. The molecule has 0 aromatic heterocycles. The van der Waals surface area contributed by atoms with Crippen molar-refractivity contribution >= 4 is 0 Å². The lowest BCUT2D eigenvalue weighted by Gasteiger charge is -2.36. The molecule has 21 heavy (non-hydrogen) atoms. The number of phenols is 1. The summed E-state index contributed by atoms with van der Waals surface area (Å²) in [7, 11) is 1.54. The average molecular weight is 293 g/mol. The van der Waals surface area contributed by atoms with Gasteiger partial charge in [-0.05, 0) is 49.3 Å². The SMILES string of the molecule is CCC1CCC(O)(CNCc2ccc(OC)c(O)c2)CC1. The fraction of sp³-hybridized carbons (Fsp3) is 0.647. The highest BCUT2D eigenvalue weighted by Gasteiger charge is 2.32. The number of benzene rings is 1. The highest BCUT2D eigenvalue weighted by atomic mass is 16.5. The smallest absolute Gasteiger partial charge is 0.160 e. The van der Waals surface area contributed by atoms with Crippen LogP contribution in [0.5, 0.6) is 11.5 Å². The van der Waals surface area contributed by atoms with Crippen molar-refractivity contribution in [2.75, 3.05) is 13.7 Å². The molecule has 1 saturated carbocycles. The Morgan fingerprint density at radius 1 is 1.33 bits per heavy atom. The monoisotopic (exact) mass is 293 g/mol. The molecule has 0 unspecified atom stereocenters. The first kappa shape index (κ1) is 16.1. The third-order valence-electron chi connectivity index (χ3n) is 4.64. The molecule has 4 heteroatoms. The normalized spacial score (nSPS) is 25.8. The zero-order valence-electron chi connectivity index (χ0n) is 13.1. The van der Waals surface area contributed by atoms with Crippen LogP contribution in [0.15, 0.2) is 18.2 Å². The van der Waals surface area contributed by atoms with Crippen molar-refractivity contribution < 1.29 is 14.9 Å². The van der Waals surface area contributed by atoms with E-state index in [4.69, 9.17) is 4.74 Å². The second-order valence-electron chi connectivity index (χ2n) is 6.19. The van der Waals surface area contributed by atoms with Crippen LogP contribution >= 0.6 is 0 Å². The third kappa shape index (κ3) is 4.35. The molecule has 1 aliphatic rings. The van der Waals surface area contributed by atoms with Crippen LogP contribution in [0.1, 0.15) is 44.6 Å². The maximum atomic E-state index is 10.6. The first-order valence-corrected chi connectivity index (χ1v) is 7.85. The van der Waals surface area contributed by atoms with Gasteiger partial charge in [-0.2, -0.15) is 0 Å². The van der Waals surface area contributed by atoms with Crippen molar-refractivity contribution in [3.63, 3.8) is 0 Å². The molecule has 1 aromatic carbocycles. The van der Waals surface area contributed by atoms with Crippen LogP contribution in [-0.4, -0.2) is 29.5 Å². The van der Waals surface area contributed by atoms with E-state index >= 15 is 0 Å². The first-order chi connectivity index (χ1) is 10.1. The van der Waals surface area contributed by atoms with Crippen LogP contribution in [0.25, 0.3) is 0 Å². The molecule has 0 amide bonds. The van der Waals surface area contributed by atoms with Gasteiger partial charge in [0.25, 0.3) is 0 Å². The summed E-state index contributed by atoms with van der Waals surface area (Å²) in [5.74, 6) is 1.41. The number of hydrogen-bond donors (Lipinski definition) is 3. The molecule has 3 N–H and O–H groups in total. The van der Waals surface area contributed by atoms with E-state index < -0.39 is 5.60 Å². The molecule has 4 nitrogen and oxygen atoms in total. The molecule has 0 saturated heterocycles. The Hall–Kier alpha value is -1.26. The van der Waals surface area contributed by atoms with E-state index in [1.165, 1.54) is 13.5 Å². The minimum atomic E-state index is -0.569. The van der Waals surface area contributed by atoms with E-state index in [0.717, 1.165) is 37.2 Å². The third-order valence-corrected chi connectivity index (χ3v) is 4.64. The number of phenolic OH excluding ortho intramolecular Hbond substituents is 1. The summed E-state index contributed by atoms with van der Waals surface area (Å²) in [4.78, 5) is 0. The average Bonchev–Trinajstić information content (AvgIpc) is 2.48. The summed E-state index contributed by atoms with van der Waals surface area (Å²) >= 11 is 0. The van der Waals surface area contributed by atoms with Crippen molar-refractivity contribution in [2.45, 2.75) is 51.2 Å². The second kappa shape index (κ2) is 7.14. The lowest BCUT2D eigenvalue weighted by Crippen LogP contribution is -2.43. The van der Waals surface area contributed by atoms with Crippen LogP contribution < -0.4 is 10.1 Å². The van der Waals surface area contributed by atoms with E-state index in [1.807, 2.05) is 6.07 Å². The van der Waals surface area contributed by atoms with Gasteiger partial charge < -0.3 is 20.3 Å². The standard InChI is InChI=1S/C17H27NO3/c1-3-13-6-8-17(20,9-7-13)12-18-11-14-4-5-16(21-2)15(19)10-14/h4-5,10,13,18-20H,3,6-9,11-12H2,1-2H3. The number of aliphatic hydroxyl groups is 1. The quantitative estimate of drug-likeness (QED) is 0.755. The molecular formula is C17H27NO3. The molecule has 0 aliphatic heterocycles. The fourth-order valence-electron chi connectivity index (χ4n) is 3.08. The molecular weight excluding hydrogens is 266 g/mol. The van der Waals surface area contributed by atoms with Gasteiger partial charge in [0.05, 0.1) is 12.7 Å². The van der Waals surface area contributed by atoms with Gasteiger partial charge in [0.1, 0.15) is 0 Å². The van der Waals surface area contributed by atoms with Gasteiger partial charge in [-0.25, -0.2) is 0 Å². The number of hydrogen-bond acceptors (Lipinski definition) is 4. The Morgan fingerprint density at radius 3 is 2.62 bits per heavy atom. The maximum absolute atomic E-state index is 10.6. The van der Waals surface area contributed by atoms with Gasteiger partial charge in [-0.15, -0.1) is 0 Å².